The van der Waals surface area contributed by atoms with E-state index >= 15 is 0 Å². The molecule has 3 aromatic carbocycles. The molecule has 5 aromatic rings. The predicted molar refractivity (Wildman–Crippen MR) is 126 cm³/mol. The first-order chi connectivity index (χ1) is 14.6. The van der Waals surface area contributed by atoms with Gasteiger partial charge in [0.05, 0.1) is 16.8 Å². The largest absolute Gasteiger partial charge is 0.459 e. The third kappa shape index (κ3) is 3.97. The van der Waals surface area contributed by atoms with Crippen LogP contribution in [0.2, 0.25) is 5.02 Å². The van der Waals surface area contributed by atoms with Gasteiger partial charge >= 0.3 is 0 Å². The Hall–Kier alpha value is -3.08. The lowest BCUT2D eigenvalue weighted by atomic mass is 10.2. The second-order valence-electron chi connectivity index (χ2n) is 7.20. The summed E-state index contributed by atoms with van der Waals surface area (Å²) >= 11 is 7.80. The van der Waals surface area contributed by atoms with Crippen molar-refractivity contribution in [1.82, 2.24) is 4.98 Å². The molecule has 0 amide bonds. The lowest BCUT2D eigenvalue weighted by Gasteiger charge is -2.05. The Kier molecular flexibility index (Phi) is 5.03. The molecular weight excluding hydrogens is 412 g/mol. The molecule has 3 nitrogen and oxygen atoms in total. The van der Waals surface area contributed by atoms with Crippen LogP contribution in [0.4, 0.5) is 5.69 Å². The number of nitrogens with one attached hydrogen (secondary N) is 1. The van der Waals surface area contributed by atoms with Crippen molar-refractivity contribution in [3.63, 3.8) is 0 Å². The van der Waals surface area contributed by atoms with Crippen molar-refractivity contribution in [1.29, 1.82) is 0 Å². The first-order valence-corrected chi connectivity index (χ1v) is 10.9. The minimum Gasteiger partial charge on any atom is -0.459 e. The minimum absolute atomic E-state index is 0.611. The van der Waals surface area contributed by atoms with Crippen molar-refractivity contribution >= 4 is 38.8 Å². The van der Waals surface area contributed by atoms with E-state index in [4.69, 9.17) is 21.0 Å². The van der Waals surface area contributed by atoms with Crippen LogP contribution in [0, 0.1) is 6.92 Å². The number of fused-ring (bicyclic) bond motifs is 1. The summed E-state index contributed by atoms with van der Waals surface area (Å²) in [4.78, 5) is 4.76. The van der Waals surface area contributed by atoms with E-state index in [1.54, 1.807) is 11.3 Å². The zero-order valence-corrected chi connectivity index (χ0v) is 17.9. The molecule has 5 rings (SSSR count). The molecule has 0 atom stereocenters. The van der Waals surface area contributed by atoms with Crippen LogP contribution in [0.5, 0.6) is 0 Å². The Labute approximate surface area is 184 Å². The molecule has 0 saturated heterocycles. The van der Waals surface area contributed by atoms with E-state index in [-0.39, 0.29) is 0 Å². The van der Waals surface area contributed by atoms with E-state index < -0.39 is 0 Å². The number of aromatic nitrogens is 1. The van der Waals surface area contributed by atoms with Crippen molar-refractivity contribution in [2.75, 3.05) is 5.32 Å². The van der Waals surface area contributed by atoms with E-state index in [1.807, 2.05) is 36.4 Å². The van der Waals surface area contributed by atoms with Gasteiger partial charge in [-0.1, -0.05) is 29.8 Å². The van der Waals surface area contributed by atoms with Gasteiger partial charge in [0.15, 0.2) is 0 Å². The van der Waals surface area contributed by atoms with Crippen LogP contribution >= 0.6 is 22.9 Å². The van der Waals surface area contributed by atoms with Gasteiger partial charge in [0, 0.05) is 21.8 Å². The van der Waals surface area contributed by atoms with Crippen molar-refractivity contribution < 1.29 is 4.42 Å². The molecule has 0 bridgehead atoms. The number of halogens is 1. The summed E-state index contributed by atoms with van der Waals surface area (Å²) in [6.45, 7) is 2.72. The molecule has 0 fully saturated rings. The maximum atomic E-state index is 6.07. The number of rotatable bonds is 5. The summed E-state index contributed by atoms with van der Waals surface area (Å²) in [6.07, 6.45) is 0. The van der Waals surface area contributed by atoms with E-state index in [9.17, 15) is 0 Å². The van der Waals surface area contributed by atoms with Gasteiger partial charge in [-0.25, -0.2) is 4.98 Å². The Bertz CT molecular complexity index is 1320. The van der Waals surface area contributed by atoms with Crippen LogP contribution in [0.25, 0.3) is 32.1 Å². The molecule has 0 aliphatic heterocycles. The number of benzene rings is 3. The number of anilines is 1. The summed E-state index contributed by atoms with van der Waals surface area (Å²) in [7, 11) is 0. The molecule has 30 heavy (non-hydrogen) atoms. The summed E-state index contributed by atoms with van der Waals surface area (Å²) in [6, 6.07) is 26.4. The molecule has 0 aliphatic rings. The first kappa shape index (κ1) is 18.9. The summed E-state index contributed by atoms with van der Waals surface area (Å²) in [5, 5.41) is 5.15. The normalized spacial score (nSPS) is 11.1. The standard InChI is InChI=1S/C25H19ClN2OS/c1-16-5-11-22-24(13-16)30-25(28-22)17-6-8-20(9-7-17)27-15-21-10-12-23(29-21)18-3-2-4-19(26)14-18/h2-14,27H,15H2,1H3. The average Bonchev–Trinajstić information content (AvgIpc) is 3.39. The molecule has 0 unspecified atom stereocenters. The minimum atomic E-state index is 0.611. The van der Waals surface area contributed by atoms with E-state index in [0.717, 1.165) is 38.9 Å². The Morgan fingerprint density at radius 2 is 1.80 bits per heavy atom. The molecule has 0 radical (unpaired) electrons. The third-order valence-electron chi connectivity index (χ3n) is 4.91. The topological polar surface area (TPSA) is 38.1 Å². The Morgan fingerprint density at radius 1 is 0.933 bits per heavy atom. The summed E-state index contributed by atoms with van der Waals surface area (Å²) < 4.78 is 7.18. The molecule has 0 spiro atoms. The number of hydrogen-bond donors (Lipinski definition) is 1. The van der Waals surface area contributed by atoms with Gasteiger partial charge in [-0.2, -0.15) is 0 Å². The molecule has 2 heterocycles. The maximum Gasteiger partial charge on any atom is 0.134 e. The fraction of sp³-hybridized carbons (Fsp3) is 0.0800. The maximum absolute atomic E-state index is 6.07. The van der Waals surface area contributed by atoms with Crippen LogP contribution in [0.15, 0.2) is 83.3 Å². The highest BCUT2D eigenvalue weighted by molar-refractivity contribution is 7.21. The van der Waals surface area contributed by atoms with Crippen LogP contribution in [-0.4, -0.2) is 4.98 Å². The quantitative estimate of drug-likeness (QED) is 0.309. The first-order valence-electron chi connectivity index (χ1n) is 9.70. The summed E-state index contributed by atoms with van der Waals surface area (Å²) in [5.74, 6) is 1.69. The van der Waals surface area contributed by atoms with Crippen molar-refractivity contribution in [3.8, 4) is 21.9 Å². The van der Waals surface area contributed by atoms with Crippen LogP contribution in [-0.2, 0) is 6.54 Å². The zero-order chi connectivity index (χ0) is 20.5. The van der Waals surface area contributed by atoms with Crippen molar-refractivity contribution in [2.24, 2.45) is 0 Å². The second-order valence-corrected chi connectivity index (χ2v) is 8.66. The van der Waals surface area contributed by atoms with Crippen LogP contribution in [0.1, 0.15) is 11.3 Å². The number of nitrogens with zero attached hydrogens (tertiary/aromatic N) is 1. The van der Waals surface area contributed by atoms with Crippen LogP contribution in [0.3, 0.4) is 0 Å². The molecular formula is C25H19ClN2OS. The van der Waals surface area contributed by atoms with Gasteiger partial charge in [0.25, 0.3) is 0 Å². The molecule has 148 valence electrons. The number of thiazole rings is 1. The Morgan fingerprint density at radius 3 is 2.63 bits per heavy atom. The zero-order valence-electron chi connectivity index (χ0n) is 16.4. The predicted octanol–water partition coefficient (Wildman–Crippen LogP) is 7.80. The number of hydrogen-bond acceptors (Lipinski definition) is 4. The van der Waals surface area contributed by atoms with Gasteiger partial charge in [0.1, 0.15) is 16.5 Å². The second kappa shape index (κ2) is 7.98. The van der Waals surface area contributed by atoms with Crippen molar-refractivity contribution in [2.45, 2.75) is 13.5 Å². The molecule has 0 saturated carbocycles. The average molecular weight is 431 g/mol. The van der Waals surface area contributed by atoms with E-state index in [2.05, 4.69) is 54.7 Å². The molecule has 2 aromatic heterocycles. The van der Waals surface area contributed by atoms with E-state index in [1.165, 1.54) is 10.3 Å². The number of furan rings is 1. The van der Waals surface area contributed by atoms with Crippen molar-refractivity contribution in [3.05, 3.63) is 95.2 Å². The fourth-order valence-electron chi connectivity index (χ4n) is 3.34. The molecule has 0 aliphatic carbocycles. The third-order valence-corrected chi connectivity index (χ3v) is 6.22. The monoisotopic (exact) mass is 430 g/mol. The molecule has 5 heteroatoms. The lowest BCUT2D eigenvalue weighted by molar-refractivity contribution is 0.531. The van der Waals surface area contributed by atoms with E-state index in [0.29, 0.717) is 11.6 Å². The fourth-order valence-corrected chi connectivity index (χ4v) is 4.60. The molecule has 1 N–H and O–H groups in total. The van der Waals surface area contributed by atoms with Gasteiger partial charge in [0.2, 0.25) is 0 Å². The SMILES string of the molecule is Cc1ccc2nc(-c3ccc(NCc4ccc(-c5cccc(Cl)c5)o4)cc3)sc2c1. The van der Waals surface area contributed by atoms with Gasteiger partial charge in [-0.15, -0.1) is 11.3 Å². The lowest BCUT2D eigenvalue weighted by Crippen LogP contribution is -1.97. The Balaban J connectivity index is 1.27. The highest BCUT2D eigenvalue weighted by Gasteiger charge is 2.08. The van der Waals surface area contributed by atoms with Crippen LogP contribution < -0.4 is 5.32 Å². The van der Waals surface area contributed by atoms with Gasteiger partial charge < -0.3 is 9.73 Å². The highest BCUT2D eigenvalue weighted by atomic mass is 35.5. The number of aryl methyl sites for hydroxylation is 1. The smallest absolute Gasteiger partial charge is 0.134 e. The van der Waals surface area contributed by atoms with Gasteiger partial charge in [-0.3, -0.25) is 0 Å². The van der Waals surface area contributed by atoms with Gasteiger partial charge in [-0.05, 0) is 73.2 Å². The highest BCUT2D eigenvalue weighted by Crippen LogP contribution is 2.31. The summed E-state index contributed by atoms with van der Waals surface area (Å²) in [5.41, 5.74) is 5.45.